The van der Waals surface area contributed by atoms with Crippen LogP contribution in [0.25, 0.3) is 0 Å². The summed E-state index contributed by atoms with van der Waals surface area (Å²) in [5, 5.41) is 0. The largest absolute Gasteiger partial charge is 0.444 e. The Morgan fingerprint density at radius 1 is 0.974 bits per heavy atom. The summed E-state index contributed by atoms with van der Waals surface area (Å²) in [6.07, 6.45) is 2.57. The molecule has 0 saturated carbocycles. The quantitative estimate of drug-likeness (QED) is 0.471. The van der Waals surface area contributed by atoms with Crippen LogP contribution in [-0.4, -0.2) is 80.0 Å². The van der Waals surface area contributed by atoms with Crippen LogP contribution in [0.2, 0.25) is 0 Å². The molecule has 0 aliphatic carbocycles. The maximum absolute atomic E-state index is 13.3. The Balaban J connectivity index is 1.43. The van der Waals surface area contributed by atoms with E-state index < -0.39 is 15.6 Å². The molecule has 208 valence electrons. The fraction of sp³-hybridized carbons (Fsp3) is 0.567. The number of amides is 1. The highest BCUT2D eigenvalue weighted by Gasteiger charge is 2.42. The van der Waals surface area contributed by atoms with Gasteiger partial charge in [-0.3, -0.25) is 0 Å². The van der Waals surface area contributed by atoms with E-state index in [-0.39, 0.29) is 17.6 Å². The van der Waals surface area contributed by atoms with Gasteiger partial charge in [0.1, 0.15) is 5.60 Å². The van der Waals surface area contributed by atoms with E-state index in [1.807, 2.05) is 49.9 Å². The average Bonchev–Trinajstić information content (AvgIpc) is 3.31. The van der Waals surface area contributed by atoms with E-state index >= 15 is 0 Å². The predicted molar refractivity (Wildman–Crippen MR) is 151 cm³/mol. The van der Waals surface area contributed by atoms with Gasteiger partial charge in [0, 0.05) is 44.7 Å². The Morgan fingerprint density at radius 3 is 2.24 bits per heavy atom. The van der Waals surface area contributed by atoms with Crippen LogP contribution >= 0.6 is 0 Å². The van der Waals surface area contributed by atoms with Gasteiger partial charge in [-0.15, -0.1) is 0 Å². The van der Waals surface area contributed by atoms with Crippen LogP contribution in [-0.2, 0) is 20.2 Å². The third kappa shape index (κ3) is 6.58. The van der Waals surface area contributed by atoms with Crippen molar-refractivity contribution >= 4 is 16.1 Å². The van der Waals surface area contributed by atoms with Crippen molar-refractivity contribution in [3.63, 3.8) is 0 Å². The molecule has 0 spiro atoms. The Morgan fingerprint density at radius 2 is 1.61 bits per heavy atom. The smallest absolute Gasteiger partial charge is 0.410 e. The number of hydrogen-bond acceptors (Lipinski definition) is 5. The summed E-state index contributed by atoms with van der Waals surface area (Å²) in [6, 6.07) is 19.1. The summed E-state index contributed by atoms with van der Waals surface area (Å²) in [5.41, 5.74) is 0.299. The van der Waals surface area contributed by atoms with Crippen LogP contribution in [0.3, 0.4) is 0 Å². The number of piperidine rings is 1. The lowest BCUT2D eigenvalue weighted by atomic mass is 9.79. The summed E-state index contributed by atoms with van der Waals surface area (Å²) in [7, 11) is -1.91. The monoisotopic (exact) mass is 541 g/mol. The zero-order chi connectivity index (χ0) is 27.6. The van der Waals surface area contributed by atoms with Gasteiger partial charge in [-0.1, -0.05) is 55.5 Å². The van der Waals surface area contributed by atoms with E-state index in [2.05, 4.69) is 24.0 Å². The molecule has 2 aliphatic heterocycles. The molecular weight excluding hydrogens is 498 g/mol. The number of carbonyl (C=O) groups is 1. The minimum Gasteiger partial charge on any atom is -0.444 e. The Bertz CT molecular complexity index is 1180. The molecule has 2 aromatic carbocycles. The van der Waals surface area contributed by atoms with Crippen molar-refractivity contribution in [1.82, 2.24) is 14.1 Å². The molecule has 3 atom stereocenters. The number of carbonyl (C=O) groups excluding carboxylic acids is 1. The number of rotatable bonds is 8. The summed E-state index contributed by atoms with van der Waals surface area (Å²) < 4.78 is 33.8. The third-order valence-electron chi connectivity index (χ3n) is 8.02. The second-order valence-electron chi connectivity index (χ2n) is 12.1. The maximum atomic E-state index is 13.3. The minimum atomic E-state index is -3.59. The van der Waals surface area contributed by atoms with Crippen molar-refractivity contribution in [2.24, 2.45) is 5.92 Å². The number of benzene rings is 2. The van der Waals surface area contributed by atoms with Crippen molar-refractivity contribution in [3.05, 3.63) is 66.2 Å². The Kier molecular flexibility index (Phi) is 8.55. The van der Waals surface area contributed by atoms with Crippen LogP contribution in [0, 0.1) is 5.92 Å². The molecule has 7 nitrogen and oxygen atoms in total. The van der Waals surface area contributed by atoms with Gasteiger partial charge in [-0.2, -0.15) is 0 Å². The normalized spacial score (nSPS) is 22.2. The lowest BCUT2D eigenvalue weighted by Crippen LogP contribution is -2.49. The average molecular weight is 542 g/mol. The second kappa shape index (κ2) is 11.4. The minimum absolute atomic E-state index is 0.197. The van der Waals surface area contributed by atoms with Crippen LogP contribution in [0.15, 0.2) is 65.6 Å². The molecule has 4 rings (SSSR count). The van der Waals surface area contributed by atoms with Gasteiger partial charge in [0.2, 0.25) is 10.0 Å². The first-order chi connectivity index (χ1) is 17.9. The van der Waals surface area contributed by atoms with Gasteiger partial charge < -0.3 is 14.5 Å². The molecule has 2 fully saturated rings. The first-order valence-electron chi connectivity index (χ1n) is 13.7. The highest BCUT2D eigenvalue weighted by atomic mass is 32.2. The molecule has 2 saturated heterocycles. The van der Waals surface area contributed by atoms with E-state index in [9.17, 15) is 13.2 Å². The first-order valence-corrected chi connectivity index (χ1v) is 15.1. The van der Waals surface area contributed by atoms with Crippen LogP contribution in [0.5, 0.6) is 0 Å². The summed E-state index contributed by atoms with van der Waals surface area (Å²) >= 11 is 0. The topological polar surface area (TPSA) is 70.2 Å². The van der Waals surface area contributed by atoms with Crippen LogP contribution in [0.4, 0.5) is 4.79 Å². The fourth-order valence-electron chi connectivity index (χ4n) is 5.92. The van der Waals surface area contributed by atoms with Gasteiger partial charge in [-0.05, 0) is 70.2 Å². The fourth-order valence-corrected chi connectivity index (χ4v) is 7.23. The first kappa shape index (κ1) is 28.6. The van der Waals surface area contributed by atoms with Crippen molar-refractivity contribution in [2.75, 3.05) is 39.8 Å². The van der Waals surface area contributed by atoms with E-state index in [4.69, 9.17) is 4.74 Å². The Hall–Kier alpha value is -2.42. The van der Waals surface area contributed by atoms with E-state index in [0.717, 1.165) is 51.0 Å². The zero-order valence-electron chi connectivity index (χ0n) is 23.5. The van der Waals surface area contributed by atoms with Crippen LogP contribution in [0.1, 0.15) is 52.5 Å². The van der Waals surface area contributed by atoms with Crippen molar-refractivity contribution in [2.45, 2.75) is 68.9 Å². The number of nitrogens with zero attached hydrogens (tertiary/aromatic N) is 3. The molecule has 0 radical (unpaired) electrons. The maximum Gasteiger partial charge on any atom is 0.410 e. The Labute approximate surface area is 228 Å². The summed E-state index contributed by atoms with van der Waals surface area (Å²) in [5.74, 6) is 0.445. The number of likely N-dealkylation sites (N-methyl/N-ethyl adjacent to an activating group) is 1. The molecule has 2 aliphatic rings. The molecule has 2 heterocycles. The number of ether oxygens (including phenoxy) is 1. The second-order valence-corrected chi connectivity index (χ2v) is 14.2. The molecule has 0 aromatic heterocycles. The molecule has 0 N–H and O–H groups in total. The highest BCUT2D eigenvalue weighted by molar-refractivity contribution is 7.89. The standard InChI is InChI=1S/C30H43N3O4S/c1-29(2,3)37-28(34)33-20-16-24-22-32(19-17-27(24)33)21-18-30(4,25-12-8-6-9-13-25)23-31(5)38(35,36)26-14-10-7-11-15-26/h6-15,24,27H,16-23H2,1-5H3/t24?,27?,30-/m1/s1. The van der Waals surface area contributed by atoms with Crippen molar-refractivity contribution < 1.29 is 17.9 Å². The number of fused-ring (bicyclic) bond motifs is 1. The van der Waals surface area contributed by atoms with E-state index in [1.165, 1.54) is 4.31 Å². The number of likely N-dealkylation sites (tertiary alicyclic amines) is 2. The molecule has 2 unspecified atom stereocenters. The zero-order valence-corrected chi connectivity index (χ0v) is 24.3. The van der Waals surface area contributed by atoms with Crippen molar-refractivity contribution in [3.8, 4) is 0 Å². The molecule has 0 bridgehead atoms. The van der Waals surface area contributed by atoms with E-state index in [0.29, 0.717) is 17.4 Å². The van der Waals surface area contributed by atoms with Gasteiger partial charge in [-0.25, -0.2) is 17.5 Å². The van der Waals surface area contributed by atoms with Gasteiger partial charge >= 0.3 is 6.09 Å². The molecule has 38 heavy (non-hydrogen) atoms. The number of sulfonamides is 1. The SMILES string of the molecule is CN(C[C@@](C)(CCN1CCC2C(CCN2C(=O)OC(C)(C)C)C1)c1ccccc1)S(=O)(=O)c1ccccc1. The lowest BCUT2D eigenvalue weighted by Gasteiger charge is -2.40. The van der Waals surface area contributed by atoms with Gasteiger partial charge in [0.05, 0.1) is 4.90 Å². The molecular formula is C30H43N3O4S. The van der Waals surface area contributed by atoms with E-state index in [1.54, 1.807) is 31.3 Å². The predicted octanol–water partition coefficient (Wildman–Crippen LogP) is 4.99. The highest BCUT2D eigenvalue weighted by Crippen LogP contribution is 2.35. The molecule has 1 amide bonds. The van der Waals surface area contributed by atoms with Crippen molar-refractivity contribution in [1.29, 1.82) is 0 Å². The third-order valence-corrected chi connectivity index (χ3v) is 9.84. The summed E-state index contributed by atoms with van der Waals surface area (Å²) in [4.78, 5) is 17.5. The van der Waals surface area contributed by atoms with Gasteiger partial charge in [0.15, 0.2) is 0 Å². The summed E-state index contributed by atoms with van der Waals surface area (Å²) in [6.45, 7) is 11.8. The molecule has 2 aromatic rings. The van der Waals surface area contributed by atoms with Crippen LogP contribution < -0.4 is 0 Å². The lowest BCUT2D eigenvalue weighted by molar-refractivity contribution is 0.0140. The number of hydrogen-bond donors (Lipinski definition) is 0. The molecule has 8 heteroatoms. The van der Waals surface area contributed by atoms with Gasteiger partial charge in [0.25, 0.3) is 0 Å².